The standard InChI is InChI=1S/C11H21N5OS/c1-6-13-8(17)7(2)18-10-15-14-9(16(10)12)11(3,4)5/h7H,6,12H2,1-5H3,(H,13,17)/t7-/m1/s1. The molecule has 0 unspecified atom stereocenters. The summed E-state index contributed by atoms with van der Waals surface area (Å²) in [5.41, 5.74) is -0.171. The van der Waals surface area contributed by atoms with Crippen LogP contribution in [-0.4, -0.2) is 32.6 Å². The van der Waals surface area contributed by atoms with E-state index < -0.39 is 0 Å². The molecule has 1 heterocycles. The molecule has 0 saturated heterocycles. The first-order valence-corrected chi connectivity index (χ1v) is 6.80. The van der Waals surface area contributed by atoms with E-state index in [9.17, 15) is 4.79 Å². The van der Waals surface area contributed by atoms with Crippen molar-refractivity contribution in [2.75, 3.05) is 12.4 Å². The number of hydrogen-bond donors (Lipinski definition) is 2. The Kier molecular flexibility index (Phi) is 4.61. The molecule has 1 aromatic heterocycles. The van der Waals surface area contributed by atoms with Gasteiger partial charge in [-0.2, -0.15) is 0 Å². The molecule has 7 heteroatoms. The Morgan fingerprint density at radius 3 is 2.56 bits per heavy atom. The van der Waals surface area contributed by atoms with Crippen LogP contribution in [0.2, 0.25) is 0 Å². The third kappa shape index (κ3) is 3.38. The molecule has 0 radical (unpaired) electrons. The Bertz CT molecular complexity index is 424. The number of nitrogens with two attached hydrogens (primary N) is 1. The highest BCUT2D eigenvalue weighted by molar-refractivity contribution is 8.00. The topological polar surface area (TPSA) is 85.8 Å². The molecule has 0 fully saturated rings. The molecule has 0 saturated carbocycles. The highest BCUT2D eigenvalue weighted by Crippen LogP contribution is 2.25. The third-order valence-electron chi connectivity index (χ3n) is 2.34. The van der Waals surface area contributed by atoms with Gasteiger partial charge in [0.15, 0.2) is 5.82 Å². The van der Waals surface area contributed by atoms with E-state index >= 15 is 0 Å². The van der Waals surface area contributed by atoms with Crippen LogP contribution in [0.5, 0.6) is 0 Å². The lowest BCUT2D eigenvalue weighted by atomic mass is 9.96. The molecule has 3 N–H and O–H groups in total. The Morgan fingerprint density at radius 1 is 1.50 bits per heavy atom. The lowest BCUT2D eigenvalue weighted by molar-refractivity contribution is -0.120. The molecule has 0 aliphatic rings. The molecular weight excluding hydrogens is 250 g/mol. The van der Waals surface area contributed by atoms with Gasteiger partial charge in [0.2, 0.25) is 11.1 Å². The smallest absolute Gasteiger partial charge is 0.233 e. The van der Waals surface area contributed by atoms with E-state index in [1.165, 1.54) is 16.4 Å². The number of aromatic nitrogens is 3. The number of hydrogen-bond acceptors (Lipinski definition) is 5. The van der Waals surface area contributed by atoms with Crippen molar-refractivity contribution in [3.05, 3.63) is 5.82 Å². The van der Waals surface area contributed by atoms with Crippen LogP contribution in [0.1, 0.15) is 40.4 Å². The van der Waals surface area contributed by atoms with Gasteiger partial charge in [0.05, 0.1) is 5.25 Å². The van der Waals surface area contributed by atoms with Crippen LogP contribution < -0.4 is 11.2 Å². The van der Waals surface area contributed by atoms with E-state index in [1.54, 1.807) is 0 Å². The van der Waals surface area contributed by atoms with E-state index in [2.05, 4.69) is 15.5 Å². The van der Waals surface area contributed by atoms with Crippen LogP contribution in [0.3, 0.4) is 0 Å². The summed E-state index contributed by atoms with van der Waals surface area (Å²) in [6.45, 7) is 10.4. The molecular formula is C11H21N5OS. The lowest BCUT2D eigenvalue weighted by Gasteiger charge is -2.17. The zero-order valence-corrected chi connectivity index (χ0v) is 12.3. The summed E-state index contributed by atoms with van der Waals surface area (Å²) in [4.78, 5) is 11.6. The predicted molar refractivity (Wildman–Crippen MR) is 72.9 cm³/mol. The Hall–Kier alpha value is -1.24. The zero-order chi connectivity index (χ0) is 13.9. The minimum absolute atomic E-state index is 0.0252. The Labute approximate surface area is 112 Å². The van der Waals surface area contributed by atoms with Crippen LogP contribution in [-0.2, 0) is 10.2 Å². The lowest BCUT2D eigenvalue weighted by Crippen LogP contribution is -2.31. The number of rotatable bonds is 4. The predicted octanol–water partition coefficient (Wildman–Crippen LogP) is 0.906. The minimum Gasteiger partial charge on any atom is -0.355 e. The molecule has 1 rings (SSSR count). The number of carbonyl (C=O) groups is 1. The van der Waals surface area contributed by atoms with Gasteiger partial charge in [-0.15, -0.1) is 10.2 Å². The fourth-order valence-corrected chi connectivity index (χ4v) is 2.19. The molecule has 6 nitrogen and oxygen atoms in total. The van der Waals surface area contributed by atoms with Crippen molar-refractivity contribution in [3.8, 4) is 0 Å². The van der Waals surface area contributed by atoms with Crippen LogP contribution >= 0.6 is 11.8 Å². The zero-order valence-electron chi connectivity index (χ0n) is 11.5. The monoisotopic (exact) mass is 271 g/mol. The Balaban J connectivity index is 2.81. The first-order chi connectivity index (χ1) is 8.27. The molecule has 0 spiro atoms. The van der Waals surface area contributed by atoms with Gasteiger partial charge in [-0.1, -0.05) is 32.5 Å². The average Bonchev–Trinajstić information content (AvgIpc) is 2.60. The Morgan fingerprint density at radius 2 is 2.11 bits per heavy atom. The minimum atomic E-state index is -0.246. The van der Waals surface area contributed by atoms with Gasteiger partial charge in [0, 0.05) is 12.0 Å². The van der Waals surface area contributed by atoms with Crippen molar-refractivity contribution in [2.24, 2.45) is 0 Å². The molecule has 18 heavy (non-hydrogen) atoms. The summed E-state index contributed by atoms with van der Waals surface area (Å²) in [5.74, 6) is 6.63. The summed E-state index contributed by atoms with van der Waals surface area (Å²) in [7, 11) is 0. The quantitative estimate of drug-likeness (QED) is 0.628. The van der Waals surface area contributed by atoms with Crippen molar-refractivity contribution in [1.82, 2.24) is 20.2 Å². The summed E-state index contributed by atoms with van der Waals surface area (Å²) >= 11 is 1.31. The van der Waals surface area contributed by atoms with Crippen molar-refractivity contribution >= 4 is 17.7 Å². The van der Waals surface area contributed by atoms with Crippen LogP contribution in [0, 0.1) is 0 Å². The summed E-state index contributed by atoms with van der Waals surface area (Å²) in [5, 5.41) is 11.2. The first-order valence-electron chi connectivity index (χ1n) is 5.92. The number of nitrogens with one attached hydrogen (secondary N) is 1. The van der Waals surface area contributed by atoms with Crippen molar-refractivity contribution in [1.29, 1.82) is 0 Å². The number of nitrogens with zero attached hydrogens (tertiary/aromatic N) is 3. The maximum absolute atomic E-state index is 11.6. The van der Waals surface area contributed by atoms with Gasteiger partial charge in [0.1, 0.15) is 0 Å². The number of carbonyl (C=O) groups excluding carboxylic acids is 1. The average molecular weight is 271 g/mol. The van der Waals surface area contributed by atoms with Gasteiger partial charge in [-0.3, -0.25) is 4.79 Å². The molecule has 0 bridgehead atoms. The summed E-state index contributed by atoms with van der Waals surface area (Å²) in [6.07, 6.45) is 0. The van der Waals surface area contributed by atoms with Crippen molar-refractivity contribution in [3.63, 3.8) is 0 Å². The molecule has 1 amide bonds. The normalized spacial score (nSPS) is 13.4. The molecule has 1 aromatic rings. The van der Waals surface area contributed by atoms with E-state index in [4.69, 9.17) is 5.84 Å². The molecule has 0 aliphatic carbocycles. The number of amides is 1. The molecule has 1 atom stereocenters. The SMILES string of the molecule is CCNC(=O)[C@@H](C)Sc1nnc(C(C)(C)C)n1N. The van der Waals surface area contributed by atoms with Gasteiger partial charge < -0.3 is 11.2 Å². The highest BCUT2D eigenvalue weighted by atomic mass is 32.2. The summed E-state index contributed by atoms with van der Waals surface area (Å²) < 4.78 is 1.46. The second-order valence-corrected chi connectivity index (χ2v) is 6.39. The fourth-order valence-electron chi connectivity index (χ4n) is 1.40. The highest BCUT2D eigenvalue weighted by Gasteiger charge is 2.25. The van der Waals surface area contributed by atoms with E-state index in [-0.39, 0.29) is 16.6 Å². The molecule has 0 aromatic carbocycles. The van der Waals surface area contributed by atoms with Gasteiger partial charge in [0.25, 0.3) is 0 Å². The van der Waals surface area contributed by atoms with Crippen LogP contribution in [0.4, 0.5) is 0 Å². The van der Waals surface area contributed by atoms with Crippen molar-refractivity contribution < 1.29 is 4.79 Å². The second kappa shape index (κ2) is 5.60. The number of nitrogen functional groups attached to an aromatic ring is 1. The largest absolute Gasteiger partial charge is 0.355 e. The van der Waals surface area contributed by atoms with Crippen LogP contribution in [0.25, 0.3) is 0 Å². The maximum Gasteiger partial charge on any atom is 0.233 e. The number of thioether (sulfide) groups is 1. The molecule has 102 valence electrons. The second-order valence-electron chi connectivity index (χ2n) is 5.08. The van der Waals surface area contributed by atoms with E-state index in [1.807, 2.05) is 34.6 Å². The van der Waals surface area contributed by atoms with Gasteiger partial charge in [-0.05, 0) is 13.8 Å². The van der Waals surface area contributed by atoms with Gasteiger partial charge >= 0.3 is 0 Å². The third-order valence-corrected chi connectivity index (χ3v) is 3.39. The summed E-state index contributed by atoms with van der Waals surface area (Å²) in [6, 6.07) is 0. The van der Waals surface area contributed by atoms with Gasteiger partial charge in [-0.25, -0.2) is 4.68 Å². The van der Waals surface area contributed by atoms with Crippen molar-refractivity contribution in [2.45, 2.75) is 50.4 Å². The van der Waals surface area contributed by atoms with E-state index in [0.29, 0.717) is 17.5 Å². The van der Waals surface area contributed by atoms with Crippen LogP contribution in [0.15, 0.2) is 5.16 Å². The van der Waals surface area contributed by atoms with E-state index in [0.717, 1.165) is 0 Å². The first kappa shape index (κ1) is 14.8. The maximum atomic E-state index is 11.6. The fraction of sp³-hybridized carbons (Fsp3) is 0.727. The molecule has 0 aliphatic heterocycles.